The zero-order chi connectivity index (χ0) is 19.5. The summed E-state index contributed by atoms with van der Waals surface area (Å²) in [4.78, 5) is 0. The number of rotatable bonds is 1. The van der Waals surface area contributed by atoms with Gasteiger partial charge >= 0.3 is 0 Å². The largest absolute Gasteiger partial charge is 0.343 e. The lowest BCUT2D eigenvalue weighted by Crippen LogP contribution is -1.89. The number of fused-ring (bicyclic) bond motifs is 6. The van der Waals surface area contributed by atoms with E-state index in [2.05, 4.69) is 110 Å². The molecule has 1 heterocycles. The third kappa shape index (κ3) is 2.28. The Morgan fingerprint density at radius 1 is 0.586 bits per heavy atom. The second-order valence-corrected chi connectivity index (χ2v) is 7.95. The van der Waals surface area contributed by atoms with Crippen LogP contribution in [0.25, 0.3) is 54.5 Å². The lowest BCUT2D eigenvalue weighted by atomic mass is 9.94. The highest BCUT2D eigenvalue weighted by Gasteiger charge is 2.12. The van der Waals surface area contributed by atoms with E-state index in [4.69, 9.17) is 0 Å². The van der Waals surface area contributed by atoms with Gasteiger partial charge in [-0.25, -0.2) is 0 Å². The van der Waals surface area contributed by atoms with Gasteiger partial charge in [-0.3, -0.25) is 0 Å². The van der Waals surface area contributed by atoms with Crippen LogP contribution in [0.5, 0.6) is 0 Å². The smallest absolute Gasteiger partial charge is 0.0568 e. The van der Waals surface area contributed by atoms with Gasteiger partial charge in [-0.05, 0) is 51.9 Å². The molecule has 0 aliphatic rings. The van der Waals surface area contributed by atoms with Crippen LogP contribution in [0.1, 0.15) is 5.56 Å². The van der Waals surface area contributed by atoms with E-state index < -0.39 is 0 Å². The Kier molecular flexibility index (Phi) is 3.36. The molecule has 0 N–H and O–H groups in total. The van der Waals surface area contributed by atoms with Gasteiger partial charge in [0, 0.05) is 28.7 Å². The molecular weight excluding hydrogens is 350 g/mol. The fourth-order valence-corrected chi connectivity index (χ4v) is 4.88. The molecule has 0 saturated carbocycles. The van der Waals surface area contributed by atoms with E-state index in [0.29, 0.717) is 0 Å². The number of nitrogens with zero attached hydrogens (tertiary/aromatic N) is 1. The topological polar surface area (TPSA) is 4.93 Å². The third-order valence-corrected chi connectivity index (χ3v) is 6.34. The van der Waals surface area contributed by atoms with Gasteiger partial charge in [0.1, 0.15) is 0 Å². The summed E-state index contributed by atoms with van der Waals surface area (Å²) in [5.41, 5.74) is 6.48. The lowest BCUT2D eigenvalue weighted by molar-refractivity contribution is 1.02. The maximum atomic E-state index is 2.34. The average Bonchev–Trinajstić information content (AvgIpc) is 3.07. The first-order chi connectivity index (χ1) is 14.2. The zero-order valence-electron chi connectivity index (χ0n) is 16.6. The van der Waals surface area contributed by atoms with Crippen molar-refractivity contribution in [1.82, 2.24) is 4.57 Å². The van der Waals surface area contributed by atoms with Crippen LogP contribution in [0.3, 0.4) is 0 Å². The molecule has 138 valence electrons. The van der Waals surface area contributed by atoms with Crippen LogP contribution in [0, 0.1) is 6.92 Å². The van der Waals surface area contributed by atoms with Gasteiger partial charge in [-0.2, -0.15) is 0 Å². The molecule has 1 heteroatoms. The molecule has 0 fully saturated rings. The SMILES string of the molecule is Cc1ccc(-c2ccc3c(ccc4c5ccccc5n(C)c34)c2)c2ccccc12. The van der Waals surface area contributed by atoms with Crippen molar-refractivity contribution in [3.05, 3.63) is 96.6 Å². The van der Waals surface area contributed by atoms with Crippen LogP contribution in [-0.2, 0) is 7.05 Å². The summed E-state index contributed by atoms with van der Waals surface area (Å²) in [6.07, 6.45) is 0. The Bertz CT molecular complexity index is 1570. The molecule has 0 saturated heterocycles. The Labute approximate surface area is 169 Å². The minimum atomic E-state index is 1.27. The molecule has 5 aromatic carbocycles. The number of aromatic nitrogens is 1. The van der Waals surface area contributed by atoms with E-state index in [1.54, 1.807) is 0 Å². The fourth-order valence-electron chi connectivity index (χ4n) is 4.88. The highest BCUT2D eigenvalue weighted by Crippen LogP contribution is 2.37. The highest BCUT2D eigenvalue weighted by molar-refractivity contribution is 6.18. The van der Waals surface area contributed by atoms with Crippen LogP contribution in [0.4, 0.5) is 0 Å². The van der Waals surface area contributed by atoms with Gasteiger partial charge in [-0.15, -0.1) is 0 Å². The van der Waals surface area contributed by atoms with E-state index >= 15 is 0 Å². The molecule has 6 rings (SSSR count). The van der Waals surface area contributed by atoms with Gasteiger partial charge in [0.05, 0.1) is 5.52 Å². The maximum absolute atomic E-state index is 2.34. The van der Waals surface area contributed by atoms with E-state index in [9.17, 15) is 0 Å². The maximum Gasteiger partial charge on any atom is 0.0568 e. The van der Waals surface area contributed by atoms with Crippen molar-refractivity contribution in [2.24, 2.45) is 7.05 Å². The zero-order valence-corrected chi connectivity index (χ0v) is 16.6. The number of aryl methyl sites for hydroxylation is 2. The predicted octanol–water partition coefficient (Wildman–Crippen LogP) is 7.61. The summed E-state index contributed by atoms with van der Waals surface area (Å²) in [5, 5.41) is 7.88. The van der Waals surface area contributed by atoms with Crippen LogP contribution < -0.4 is 0 Å². The van der Waals surface area contributed by atoms with E-state index in [1.807, 2.05) is 0 Å². The molecule has 0 atom stereocenters. The second-order valence-electron chi connectivity index (χ2n) is 7.95. The Hall–Kier alpha value is -3.58. The first kappa shape index (κ1) is 16.4. The Balaban J connectivity index is 1.66. The number of hydrogen-bond acceptors (Lipinski definition) is 0. The molecule has 0 bridgehead atoms. The molecule has 29 heavy (non-hydrogen) atoms. The molecule has 0 aliphatic heterocycles. The summed E-state index contributed by atoms with van der Waals surface area (Å²) >= 11 is 0. The monoisotopic (exact) mass is 371 g/mol. The number of benzene rings is 5. The van der Waals surface area contributed by atoms with Gasteiger partial charge in [-0.1, -0.05) is 78.9 Å². The summed E-state index contributed by atoms with van der Waals surface area (Å²) in [6.45, 7) is 2.18. The van der Waals surface area contributed by atoms with Crippen molar-refractivity contribution < 1.29 is 0 Å². The minimum absolute atomic E-state index is 1.27. The Morgan fingerprint density at radius 3 is 2.17 bits per heavy atom. The summed E-state index contributed by atoms with van der Waals surface area (Å²) < 4.78 is 2.33. The normalized spacial score (nSPS) is 11.8. The van der Waals surface area contributed by atoms with E-state index in [1.165, 1.54) is 60.0 Å². The first-order valence-electron chi connectivity index (χ1n) is 10.1. The van der Waals surface area contributed by atoms with Crippen LogP contribution in [-0.4, -0.2) is 4.57 Å². The standard InChI is InChI=1S/C28H21N/c1-18-11-14-22(24-8-4-3-7-21(18)24)19-12-15-23-20(17-19)13-16-26-25-9-5-6-10-27(25)29(2)28(23)26/h3-17H,1-2H3. The summed E-state index contributed by atoms with van der Waals surface area (Å²) in [6, 6.07) is 33.3. The molecule has 0 unspecified atom stereocenters. The first-order valence-corrected chi connectivity index (χ1v) is 10.1. The molecule has 0 spiro atoms. The predicted molar refractivity (Wildman–Crippen MR) is 126 cm³/mol. The number of para-hydroxylation sites is 1. The van der Waals surface area contributed by atoms with Crippen molar-refractivity contribution in [2.75, 3.05) is 0 Å². The van der Waals surface area contributed by atoms with Crippen molar-refractivity contribution >= 4 is 43.4 Å². The quantitative estimate of drug-likeness (QED) is 0.280. The fraction of sp³-hybridized carbons (Fsp3) is 0.0714. The third-order valence-electron chi connectivity index (χ3n) is 6.34. The van der Waals surface area contributed by atoms with Gasteiger partial charge in [0.15, 0.2) is 0 Å². The highest BCUT2D eigenvalue weighted by atomic mass is 14.9. The minimum Gasteiger partial charge on any atom is -0.343 e. The number of hydrogen-bond donors (Lipinski definition) is 0. The molecule has 0 aliphatic carbocycles. The van der Waals surface area contributed by atoms with Crippen molar-refractivity contribution in [3.63, 3.8) is 0 Å². The Morgan fingerprint density at radius 2 is 1.31 bits per heavy atom. The average molecular weight is 371 g/mol. The molecule has 0 amide bonds. The summed E-state index contributed by atoms with van der Waals surface area (Å²) in [7, 11) is 2.17. The van der Waals surface area contributed by atoms with Crippen molar-refractivity contribution in [1.29, 1.82) is 0 Å². The summed E-state index contributed by atoms with van der Waals surface area (Å²) in [5.74, 6) is 0. The van der Waals surface area contributed by atoms with Crippen LogP contribution >= 0.6 is 0 Å². The molecule has 1 nitrogen and oxygen atoms in total. The lowest BCUT2D eigenvalue weighted by Gasteiger charge is -2.11. The van der Waals surface area contributed by atoms with E-state index in [-0.39, 0.29) is 0 Å². The molecule has 1 aromatic heterocycles. The van der Waals surface area contributed by atoms with Gasteiger partial charge in [0.25, 0.3) is 0 Å². The molecule has 6 aromatic rings. The molecular formula is C28H21N. The molecule has 0 radical (unpaired) electrons. The van der Waals surface area contributed by atoms with Crippen molar-refractivity contribution in [3.8, 4) is 11.1 Å². The van der Waals surface area contributed by atoms with Gasteiger partial charge < -0.3 is 4.57 Å². The second kappa shape index (κ2) is 5.96. The van der Waals surface area contributed by atoms with Crippen LogP contribution in [0.2, 0.25) is 0 Å². The van der Waals surface area contributed by atoms with Crippen LogP contribution in [0.15, 0.2) is 91.0 Å². The van der Waals surface area contributed by atoms with Crippen molar-refractivity contribution in [2.45, 2.75) is 6.92 Å². The van der Waals surface area contributed by atoms with Gasteiger partial charge in [0.2, 0.25) is 0 Å². The van der Waals surface area contributed by atoms with E-state index in [0.717, 1.165) is 0 Å².